The lowest BCUT2D eigenvalue weighted by molar-refractivity contribution is 0.365. The first-order chi connectivity index (χ1) is 8.50. The third-order valence-electron chi connectivity index (χ3n) is 2.80. The smallest absolute Gasteiger partial charge is 0.200 e. The van der Waals surface area contributed by atoms with Gasteiger partial charge in [0, 0.05) is 12.1 Å². The van der Waals surface area contributed by atoms with Crippen LogP contribution in [-0.4, -0.2) is 25.5 Å². The molecule has 6 heteroatoms. The summed E-state index contributed by atoms with van der Waals surface area (Å²) in [6.07, 6.45) is 0. The molecule has 0 fully saturated rings. The number of nitrogens with zero attached hydrogens (tertiary/aromatic N) is 1. The van der Waals surface area contributed by atoms with Crippen molar-refractivity contribution in [2.24, 2.45) is 0 Å². The minimum absolute atomic E-state index is 0.318. The van der Waals surface area contributed by atoms with Gasteiger partial charge >= 0.3 is 0 Å². The average Bonchev–Trinajstić information content (AvgIpc) is 2.66. The highest BCUT2D eigenvalue weighted by atomic mass is 16.3. The fourth-order valence-electron chi connectivity index (χ4n) is 1.75. The van der Waals surface area contributed by atoms with E-state index in [9.17, 15) is 15.3 Å². The van der Waals surface area contributed by atoms with Crippen molar-refractivity contribution in [2.45, 2.75) is 20.4 Å². The molecular formula is C12H15N3O3. The maximum absolute atomic E-state index is 9.67. The standard InChI is InChI=1S/C12H15N3O3/c1-6-10(7(2)15-14-6)13-5-8-3-4-9(16)12(18)11(8)17/h3-4,13,16-18H,5H2,1-2H3,(H,14,15). The van der Waals surface area contributed by atoms with Gasteiger partial charge in [0.1, 0.15) is 0 Å². The van der Waals surface area contributed by atoms with Crippen molar-refractivity contribution >= 4 is 5.69 Å². The van der Waals surface area contributed by atoms with E-state index < -0.39 is 5.75 Å². The van der Waals surface area contributed by atoms with Gasteiger partial charge in [0.15, 0.2) is 11.5 Å². The van der Waals surface area contributed by atoms with Crippen LogP contribution in [0.2, 0.25) is 0 Å². The Morgan fingerprint density at radius 3 is 2.50 bits per heavy atom. The maximum atomic E-state index is 9.67. The van der Waals surface area contributed by atoms with Crippen LogP contribution < -0.4 is 5.32 Å². The van der Waals surface area contributed by atoms with Gasteiger partial charge in [0.05, 0.1) is 17.1 Å². The predicted molar refractivity (Wildman–Crippen MR) is 66.8 cm³/mol. The third-order valence-corrected chi connectivity index (χ3v) is 2.80. The van der Waals surface area contributed by atoms with Crippen molar-refractivity contribution in [3.63, 3.8) is 0 Å². The highest BCUT2D eigenvalue weighted by molar-refractivity contribution is 5.56. The van der Waals surface area contributed by atoms with Crippen LogP contribution in [0, 0.1) is 13.8 Å². The molecule has 1 aromatic heterocycles. The lowest BCUT2D eigenvalue weighted by atomic mass is 10.1. The molecule has 0 amide bonds. The summed E-state index contributed by atoms with van der Waals surface area (Å²) in [7, 11) is 0. The van der Waals surface area contributed by atoms with Gasteiger partial charge in [-0.2, -0.15) is 5.10 Å². The monoisotopic (exact) mass is 249 g/mol. The molecule has 0 atom stereocenters. The lowest BCUT2D eigenvalue weighted by Gasteiger charge is -2.10. The van der Waals surface area contributed by atoms with Gasteiger partial charge in [-0.25, -0.2) is 0 Å². The van der Waals surface area contributed by atoms with Crippen LogP contribution in [0.1, 0.15) is 17.0 Å². The molecule has 0 unspecified atom stereocenters. The van der Waals surface area contributed by atoms with Gasteiger partial charge in [0.2, 0.25) is 5.75 Å². The summed E-state index contributed by atoms with van der Waals surface area (Å²) in [6, 6.07) is 2.88. The van der Waals surface area contributed by atoms with Gasteiger partial charge in [0.25, 0.3) is 0 Å². The fraction of sp³-hybridized carbons (Fsp3) is 0.250. The molecule has 0 aliphatic heterocycles. The van der Waals surface area contributed by atoms with E-state index in [4.69, 9.17) is 0 Å². The van der Waals surface area contributed by atoms with E-state index in [1.165, 1.54) is 6.07 Å². The molecular weight excluding hydrogens is 234 g/mol. The molecule has 2 rings (SSSR count). The highest BCUT2D eigenvalue weighted by Crippen LogP contribution is 2.37. The van der Waals surface area contributed by atoms with Crippen LogP contribution in [0.3, 0.4) is 0 Å². The number of rotatable bonds is 3. The number of anilines is 1. The molecule has 96 valence electrons. The molecule has 0 bridgehead atoms. The number of aryl methyl sites for hydroxylation is 2. The molecule has 5 N–H and O–H groups in total. The SMILES string of the molecule is Cc1n[nH]c(C)c1NCc1ccc(O)c(O)c1O. The number of phenolic OH excluding ortho intramolecular Hbond substituents is 3. The van der Waals surface area contributed by atoms with E-state index in [0.717, 1.165) is 17.1 Å². The summed E-state index contributed by atoms with van der Waals surface area (Å²) in [6.45, 7) is 4.07. The number of hydrogen-bond acceptors (Lipinski definition) is 5. The molecule has 1 heterocycles. The Hall–Kier alpha value is -2.37. The Kier molecular flexibility index (Phi) is 3.01. The van der Waals surface area contributed by atoms with Crippen molar-refractivity contribution in [3.8, 4) is 17.2 Å². The first-order valence-electron chi connectivity index (χ1n) is 5.49. The largest absolute Gasteiger partial charge is 0.504 e. The third kappa shape index (κ3) is 2.04. The molecule has 6 nitrogen and oxygen atoms in total. The Morgan fingerprint density at radius 2 is 1.89 bits per heavy atom. The minimum Gasteiger partial charge on any atom is -0.504 e. The number of H-pyrrole nitrogens is 1. The van der Waals surface area contributed by atoms with Crippen molar-refractivity contribution in [3.05, 3.63) is 29.1 Å². The first kappa shape index (κ1) is 12.1. The Balaban J connectivity index is 2.19. The molecule has 1 aromatic carbocycles. The molecule has 0 radical (unpaired) electrons. The predicted octanol–water partition coefficient (Wildman–Crippen LogP) is 1.76. The minimum atomic E-state index is -0.505. The number of benzene rings is 1. The van der Waals surface area contributed by atoms with Gasteiger partial charge in [-0.1, -0.05) is 0 Å². The average molecular weight is 249 g/mol. The number of nitrogens with one attached hydrogen (secondary N) is 2. The van der Waals surface area contributed by atoms with E-state index in [1.54, 1.807) is 6.07 Å². The molecule has 0 spiro atoms. The second-order valence-corrected chi connectivity index (χ2v) is 4.10. The summed E-state index contributed by atoms with van der Waals surface area (Å²) in [5, 5.41) is 38.3. The van der Waals surface area contributed by atoms with Crippen LogP contribution in [0.15, 0.2) is 12.1 Å². The molecule has 0 aliphatic rings. The van der Waals surface area contributed by atoms with Crippen molar-refractivity contribution in [1.82, 2.24) is 10.2 Å². The van der Waals surface area contributed by atoms with Crippen LogP contribution in [0.25, 0.3) is 0 Å². The lowest BCUT2D eigenvalue weighted by Crippen LogP contribution is -2.01. The van der Waals surface area contributed by atoms with Gasteiger partial charge in [-0.15, -0.1) is 0 Å². The number of phenols is 3. The molecule has 0 saturated carbocycles. The highest BCUT2D eigenvalue weighted by Gasteiger charge is 2.12. The number of aromatic nitrogens is 2. The van der Waals surface area contributed by atoms with Crippen LogP contribution in [-0.2, 0) is 6.54 Å². The van der Waals surface area contributed by atoms with Crippen LogP contribution in [0.5, 0.6) is 17.2 Å². The zero-order valence-electron chi connectivity index (χ0n) is 10.2. The van der Waals surface area contributed by atoms with Gasteiger partial charge in [-0.05, 0) is 26.0 Å². The summed E-state index contributed by atoms with van der Waals surface area (Å²) >= 11 is 0. The molecule has 0 aliphatic carbocycles. The Bertz CT molecular complexity index is 559. The van der Waals surface area contributed by atoms with Crippen LogP contribution >= 0.6 is 0 Å². The van der Waals surface area contributed by atoms with E-state index in [0.29, 0.717) is 12.1 Å². The summed E-state index contributed by atoms with van der Waals surface area (Å²) < 4.78 is 0. The van der Waals surface area contributed by atoms with E-state index in [-0.39, 0.29) is 11.5 Å². The Morgan fingerprint density at radius 1 is 1.17 bits per heavy atom. The fourth-order valence-corrected chi connectivity index (χ4v) is 1.75. The van der Waals surface area contributed by atoms with E-state index in [1.807, 2.05) is 13.8 Å². The number of hydrogen-bond donors (Lipinski definition) is 5. The summed E-state index contributed by atoms with van der Waals surface area (Å²) in [5.41, 5.74) is 3.08. The van der Waals surface area contributed by atoms with E-state index in [2.05, 4.69) is 15.5 Å². The number of aromatic hydroxyl groups is 3. The first-order valence-corrected chi connectivity index (χ1v) is 5.49. The second-order valence-electron chi connectivity index (χ2n) is 4.10. The molecule has 0 saturated heterocycles. The summed E-state index contributed by atoms with van der Waals surface area (Å²) in [4.78, 5) is 0. The van der Waals surface area contributed by atoms with Crippen molar-refractivity contribution in [2.75, 3.05) is 5.32 Å². The van der Waals surface area contributed by atoms with Gasteiger partial charge < -0.3 is 20.6 Å². The van der Waals surface area contributed by atoms with E-state index >= 15 is 0 Å². The number of aromatic amines is 1. The zero-order chi connectivity index (χ0) is 13.3. The van der Waals surface area contributed by atoms with Gasteiger partial charge in [-0.3, -0.25) is 5.10 Å². The second kappa shape index (κ2) is 4.48. The Labute approximate surface area is 104 Å². The zero-order valence-corrected chi connectivity index (χ0v) is 10.2. The summed E-state index contributed by atoms with van der Waals surface area (Å²) in [5.74, 6) is -1.16. The molecule has 18 heavy (non-hydrogen) atoms. The normalized spacial score (nSPS) is 10.6. The maximum Gasteiger partial charge on any atom is 0.200 e. The molecule has 2 aromatic rings. The quantitative estimate of drug-likeness (QED) is 0.533. The van der Waals surface area contributed by atoms with Crippen LogP contribution in [0.4, 0.5) is 5.69 Å². The van der Waals surface area contributed by atoms with Crippen molar-refractivity contribution < 1.29 is 15.3 Å². The topological polar surface area (TPSA) is 101 Å². The van der Waals surface area contributed by atoms with Crippen molar-refractivity contribution in [1.29, 1.82) is 0 Å².